The van der Waals surface area contributed by atoms with Crippen LogP contribution in [0.15, 0.2) is 51.7 Å². The number of rotatable bonds is 4. The largest absolute Gasteiger partial charge is 3.00 e. The Bertz CT molecular complexity index is 692. The van der Waals surface area contributed by atoms with Crippen LogP contribution < -0.4 is 0 Å². The van der Waals surface area contributed by atoms with Gasteiger partial charge in [0.1, 0.15) is 0 Å². The van der Waals surface area contributed by atoms with Crippen molar-refractivity contribution in [1.82, 2.24) is 0 Å². The molecule has 0 N–H and O–H groups in total. The SMILES string of the molecule is CCCC1=[C-]C(C)(C)C(C)=C1C.CCCC1=[C-]C(C)(C)C(C)=C1C.Cl.Cl.[C-]1=CC=CC1.[Zr+3]. The molecule has 0 saturated carbocycles. The van der Waals surface area contributed by atoms with Crippen LogP contribution in [0.5, 0.6) is 0 Å². The van der Waals surface area contributed by atoms with E-state index in [2.05, 4.69) is 93.5 Å². The Morgan fingerprint density at radius 1 is 0.750 bits per heavy atom. The molecule has 0 spiro atoms. The molecule has 1 radical (unpaired) electrons. The second-order valence-corrected chi connectivity index (χ2v) is 9.46. The molecular formula is C29H45Cl2Zr. The summed E-state index contributed by atoms with van der Waals surface area (Å²) >= 11 is 0. The summed E-state index contributed by atoms with van der Waals surface area (Å²) in [4.78, 5) is 0. The van der Waals surface area contributed by atoms with Gasteiger partial charge >= 0.3 is 26.2 Å². The predicted molar refractivity (Wildman–Crippen MR) is 144 cm³/mol. The van der Waals surface area contributed by atoms with Gasteiger partial charge < -0.3 is 0 Å². The van der Waals surface area contributed by atoms with E-state index in [1.807, 2.05) is 12.2 Å². The van der Waals surface area contributed by atoms with E-state index in [0.717, 1.165) is 6.42 Å². The summed E-state index contributed by atoms with van der Waals surface area (Å²) < 4.78 is 0. The fraction of sp³-hybridized carbons (Fsp3) is 0.586. The van der Waals surface area contributed by atoms with Gasteiger partial charge in [0, 0.05) is 0 Å². The van der Waals surface area contributed by atoms with Gasteiger partial charge in [0.2, 0.25) is 0 Å². The van der Waals surface area contributed by atoms with Gasteiger partial charge in [-0.05, 0) is 0 Å². The van der Waals surface area contributed by atoms with E-state index in [-0.39, 0.29) is 61.8 Å². The van der Waals surface area contributed by atoms with Crippen LogP contribution in [-0.4, -0.2) is 0 Å². The van der Waals surface area contributed by atoms with E-state index in [0.29, 0.717) is 0 Å². The summed E-state index contributed by atoms with van der Waals surface area (Å²) in [5.74, 6) is 0. The number of allylic oxidation sites excluding steroid dienone is 12. The van der Waals surface area contributed by atoms with Gasteiger partial charge in [-0.1, -0.05) is 91.9 Å². The summed E-state index contributed by atoms with van der Waals surface area (Å²) in [7, 11) is 0. The molecule has 0 aromatic carbocycles. The van der Waals surface area contributed by atoms with Crippen LogP contribution in [-0.2, 0) is 26.2 Å². The fourth-order valence-corrected chi connectivity index (χ4v) is 3.86. The van der Waals surface area contributed by atoms with Crippen molar-refractivity contribution in [1.29, 1.82) is 0 Å². The molecule has 3 rings (SSSR count). The normalized spacial score (nSPS) is 18.9. The molecule has 0 aliphatic heterocycles. The molecule has 3 aliphatic rings. The van der Waals surface area contributed by atoms with E-state index >= 15 is 0 Å². The average molecular weight is 556 g/mol. The third-order valence-corrected chi connectivity index (χ3v) is 6.42. The maximum atomic E-state index is 3.57. The van der Waals surface area contributed by atoms with Gasteiger partial charge in [-0.2, -0.15) is 28.4 Å². The summed E-state index contributed by atoms with van der Waals surface area (Å²) in [6.45, 7) is 22.3. The molecule has 0 bridgehead atoms. The maximum Gasteiger partial charge on any atom is 3.00 e. The molecule has 0 nitrogen and oxygen atoms in total. The third kappa shape index (κ3) is 10.4. The van der Waals surface area contributed by atoms with E-state index in [1.54, 1.807) is 0 Å². The van der Waals surface area contributed by atoms with Gasteiger partial charge in [0.15, 0.2) is 0 Å². The molecule has 0 atom stereocenters. The second-order valence-electron chi connectivity index (χ2n) is 9.46. The second kappa shape index (κ2) is 16.5. The Kier molecular flexibility index (Phi) is 18.8. The molecule has 32 heavy (non-hydrogen) atoms. The minimum atomic E-state index is 0. The molecule has 0 aromatic heterocycles. The predicted octanol–water partition coefficient (Wildman–Crippen LogP) is 9.93. The topological polar surface area (TPSA) is 0 Å². The molecule has 179 valence electrons. The number of halogens is 2. The van der Waals surface area contributed by atoms with Crippen molar-refractivity contribution in [3.63, 3.8) is 0 Å². The Morgan fingerprint density at radius 2 is 1.12 bits per heavy atom. The molecule has 0 fully saturated rings. The molecular weight excluding hydrogens is 510 g/mol. The first-order chi connectivity index (χ1) is 13.5. The zero-order chi connectivity index (χ0) is 22.2. The number of hydrogen-bond donors (Lipinski definition) is 0. The monoisotopic (exact) mass is 553 g/mol. The van der Waals surface area contributed by atoms with Crippen molar-refractivity contribution in [2.75, 3.05) is 0 Å². The van der Waals surface area contributed by atoms with Crippen molar-refractivity contribution in [3.8, 4) is 0 Å². The van der Waals surface area contributed by atoms with E-state index in [9.17, 15) is 0 Å². The zero-order valence-corrected chi connectivity index (χ0v) is 26.2. The van der Waals surface area contributed by atoms with Crippen LogP contribution in [0.25, 0.3) is 0 Å². The van der Waals surface area contributed by atoms with Crippen LogP contribution in [0.4, 0.5) is 0 Å². The van der Waals surface area contributed by atoms with E-state index in [4.69, 9.17) is 0 Å². The molecule has 0 amide bonds. The fourth-order valence-electron chi connectivity index (χ4n) is 3.86. The van der Waals surface area contributed by atoms with Gasteiger partial charge in [-0.15, -0.1) is 45.1 Å². The van der Waals surface area contributed by atoms with Crippen molar-refractivity contribution in [2.45, 2.75) is 101 Å². The van der Waals surface area contributed by atoms with Crippen molar-refractivity contribution in [2.24, 2.45) is 10.8 Å². The molecule has 0 unspecified atom stereocenters. The Hall–Kier alpha value is -0.0969. The quantitative estimate of drug-likeness (QED) is 0.303. The van der Waals surface area contributed by atoms with Crippen LogP contribution in [0, 0.1) is 29.1 Å². The summed E-state index contributed by atoms with van der Waals surface area (Å²) in [5.41, 5.74) is 9.20. The van der Waals surface area contributed by atoms with Crippen LogP contribution in [0.2, 0.25) is 0 Å². The molecule has 3 aliphatic carbocycles. The van der Waals surface area contributed by atoms with Crippen molar-refractivity contribution in [3.05, 3.63) is 69.9 Å². The summed E-state index contributed by atoms with van der Waals surface area (Å²) in [6, 6.07) is 0. The van der Waals surface area contributed by atoms with Crippen LogP contribution in [0.1, 0.15) is 101 Å². The van der Waals surface area contributed by atoms with Gasteiger partial charge in [-0.3, -0.25) is 18.2 Å². The summed E-state index contributed by atoms with van der Waals surface area (Å²) in [6.07, 6.45) is 22.0. The standard InChI is InChI=1S/2C12H19.C5H5.2ClH.Zr/c2*1-6-7-11-8-12(4,5)10(3)9(11)2;1-2-4-5-3-1;;;/h2*6-7H2,1-5H3;1-3H,4H2;2*1H;/q3*-1;;;+3. The zero-order valence-electron chi connectivity index (χ0n) is 22.1. The number of hydrogen-bond acceptors (Lipinski definition) is 0. The smallest absolute Gasteiger partial charge is 0.273 e. The summed E-state index contributed by atoms with van der Waals surface area (Å²) in [5, 5.41) is 0. The first kappa shape index (κ1) is 36.5. The van der Waals surface area contributed by atoms with E-state index < -0.39 is 0 Å². The Balaban J connectivity index is -0.000000402. The molecule has 0 saturated heterocycles. The van der Waals surface area contributed by atoms with Gasteiger partial charge in [0.05, 0.1) is 0 Å². The van der Waals surface area contributed by atoms with Crippen LogP contribution in [0.3, 0.4) is 0 Å². The Morgan fingerprint density at radius 3 is 1.28 bits per heavy atom. The minimum absolute atomic E-state index is 0. The average Bonchev–Trinajstić information content (AvgIpc) is 3.33. The third-order valence-electron chi connectivity index (χ3n) is 6.42. The first-order valence-electron chi connectivity index (χ1n) is 11.3. The molecule has 3 heteroatoms. The van der Waals surface area contributed by atoms with Crippen LogP contribution >= 0.6 is 24.8 Å². The Labute approximate surface area is 231 Å². The van der Waals surface area contributed by atoms with Crippen molar-refractivity contribution >= 4 is 24.8 Å². The van der Waals surface area contributed by atoms with Crippen molar-refractivity contribution < 1.29 is 26.2 Å². The van der Waals surface area contributed by atoms with E-state index in [1.165, 1.54) is 59.1 Å². The molecule has 0 heterocycles. The first-order valence-corrected chi connectivity index (χ1v) is 11.3. The molecule has 0 aromatic rings. The maximum absolute atomic E-state index is 3.57. The van der Waals surface area contributed by atoms with Gasteiger partial charge in [0.25, 0.3) is 0 Å². The van der Waals surface area contributed by atoms with Gasteiger partial charge in [-0.25, -0.2) is 23.3 Å². The minimum Gasteiger partial charge on any atom is -0.273 e.